The van der Waals surface area contributed by atoms with Crippen LogP contribution in [-0.2, 0) is 13.1 Å². The van der Waals surface area contributed by atoms with Gasteiger partial charge in [0.15, 0.2) is 0 Å². The van der Waals surface area contributed by atoms with E-state index in [1.54, 1.807) is 36.7 Å². The first kappa shape index (κ1) is 12.1. The topological polar surface area (TPSA) is 81.0 Å². The van der Waals surface area contributed by atoms with Gasteiger partial charge in [0.05, 0.1) is 11.5 Å². The Labute approximate surface area is 104 Å². The molecule has 0 spiro atoms. The van der Waals surface area contributed by atoms with Gasteiger partial charge < -0.3 is 5.32 Å². The molecule has 0 unspecified atom stereocenters. The van der Waals surface area contributed by atoms with Crippen LogP contribution in [0, 0.1) is 10.1 Å². The Morgan fingerprint density at radius 2 is 1.83 bits per heavy atom. The first-order valence-corrected chi connectivity index (χ1v) is 5.46. The molecule has 0 saturated heterocycles. The van der Waals surface area contributed by atoms with Crippen molar-refractivity contribution < 1.29 is 4.92 Å². The minimum absolute atomic E-state index is 0.124. The molecule has 92 valence electrons. The summed E-state index contributed by atoms with van der Waals surface area (Å²) in [6.07, 6.45) is 3.32. The molecule has 0 saturated carbocycles. The molecule has 0 aliphatic rings. The molecule has 2 rings (SSSR count). The largest absolute Gasteiger partial charge is 0.305 e. The predicted molar refractivity (Wildman–Crippen MR) is 65.7 cm³/mol. The normalized spacial score (nSPS) is 10.2. The van der Waals surface area contributed by atoms with Crippen LogP contribution in [0.5, 0.6) is 0 Å². The number of nitro groups is 1. The van der Waals surface area contributed by atoms with E-state index in [0.717, 1.165) is 0 Å². The summed E-state index contributed by atoms with van der Waals surface area (Å²) in [6, 6.07) is 8.41. The highest BCUT2D eigenvalue weighted by atomic mass is 16.6. The number of nitrogens with zero attached hydrogens (tertiary/aromatic N) is 3. The molecule has 0 aliphatic carbocycles. The summed E-state index contributed by atoms with van der Waals surface area (Å²) in [6.45, 7) is 0.891. The number of benzene rings is 1. The molecular formula is C12H12N4O2. The van der Waals surface area contributed by atoms with E-state index in [1.807, 2.05) is 0 Å². The summed E-state index contributed by atoms with van der Waals surface area (Å²) in [7, 11) is 0. The number of hydrogen-bond donors (Lipinski definition) is 1. The Morgan fingerprint density at radius 3 is 2.56 bits per heavy atom. The molecule has 1 aromatic heterocycles. The van der Waals surface area contributed by atoms with Crippen LogP contribution in [0.3, 0.4) is 0 Å². The second-order valence-electron chi connectivity index (χ2n) is 3.65. The number of nitrogens with one attached hydrogen (secondary N) is 1. The summed E-state index contributed by atoms with van der Waals surface area (Å²) in [5.74, 6) is 0.663. The minimum atomic E-state index is -0.379. The third kappa shape index (κ3) is 3.08. The van der Waals surface area contributed by atoms with Crippen molar-refractivity contribution in [3.63, 3.8) is 0 Å². The summed E-state index contributed by atoms with van der Waals surface area (Å²) >= 11 is 0. The van der Waals surface area contributed by atoms with Crippen molar-refractivity contribution in [2.24, 2.45) is 0 Å². The van der Waals surface area contributed by atoms with Gasteiger partial charge in [-0.25, -0.2) is 9.97 Å². The third-order valence-electron chi connectivity index (χ3n) is 2.41. The van der Waals surface area contributed by atoms with Gasteiger partial charge in [-0.1, -0.05) is 18.2 Å². The lowest BCUT2D eigenvalue weighted by Crippen LogP contribution is -2.15. The summed E-state index contributed by atoms with van der Waals surface area (Å²) in [5.41, 5.74) is 0.775. The van der Waals surface area contributed by atoms with E-state index in [4.69, 9.17) is 0 Å². The Hall–Kier alpha value is -2.34. The quantitative estimate of drug-likeness (QED) is 0.639. The van der Waals surface area contributed by atoms with Crippen molar-refractivity contribution in [2.75, 3.05) is 0 Å². The Balaban J connectivity index is 1.97. The zero-order chi connectivity index (χ0) is 12.8. The molecular weight excluding hydrogens is 232 g/mol. The highest BCUT2D eigenvalue weighted by Crippen LogP contribution is 2.17. The van der Waals surface area contributed by atoms with Crippen LogP contribution in [0.4, 0.5) is 5.69 Å². The monoisotopic (exact) mass is 244 g/mol. The SMILES string of the molecule is O=[N+]([O-])c1ccccc1CNCc1ncccn1. The van der Waals surface area contributed by atoms with E-state index in [-0.39, 0.29) is 10.6 Å². The van der Waals surface area contributed by atoms with Gasteiger partial charge in [0.1, 0.15) is 5.82 Å². The van der Waals surface area contributed by atoms with E-state index in [9.17, 15) is 10.1 Å². The lowest BCUT2D eigenvalue weighted by molar-refractivity contribution is -0.385. The first-order chi connectivity index (χ1) is 8.77. The molecule has 18 heavy (non-hydrogen) atoms. The maximum Gasteiger partial charge on any atom is 0.273 e. The van der Waals surface area contributed by atoms with Crippen molar-refractivity contribution in [3.05, 3.63) is 64.2 Å². The average Bonchev–Trinajstić information content (AvgIpc) is 2.40. The number of aromatic nitrogens is 2. The van der Waals surface area contributed by atoms with Crippen LogP contribution >= 0.6 is 0 Å². The molecule has 0 atom stereocenters. The van der Waals surface area contributed by atoms with Crippen molar-refractivity contribution in [2.45, 2.75) is 13.1 Å². The van der Waals surface area contributed by atoms with Crippen molar-refractivity contribution in [1.29, 1.82) is 0 Å². The zero-order valence-electron chi connectivity index (χ0n) is 9.61. The van der Waals surface area contributed by atoms with Gasteiger partial charge in [0, 0.05) is 30.6 Å². The van der Waals surface area contributed by atoms with E-state index in [1.165, 1.54) is 6.07 Å². The Kier molecular flexibility index (Phi) is 3.93. The maximum atomic E-state index is 10.8. The van der Waals surface area contributed by atoms with E-state index in [2.05, 4.69) is 15.3 Å². The molecule has 0 radical (unpaired) electrons. The Bertz CT molecular complexity index is 531. The number of rotatable bonds is 5. The zero-order valence-corrected chi connectivity index (χ0v) is 9.61. The Morgan fingerprint density at radius 1 is 1.11 bits per heavy atom. The predicted octanol–water partition coefficient (Wildman–Crippen LogP) is 1.67. The van der Waals surface area contributed by atoms with E-state index >= 15 is 0 Å². The lowest BCUT2D eigenvalue weighted by Gasteiger charge is -2.04. The van der Waals surface area contributed by atoms with Crippen LogP contribution in [0.15, 0.2) is 42.7 Å². The highest BCUT2D eigenvalue weighted by molar-refractivity contribution is 5.39. The molecule has 6 heteroatoms. The molecule has 6 nitrogen and oxygen atoms in total. The highest BCUT2D eigenvalue weighted by Gasteiger charge is 2.11. The summed E-state index contributed by atoms with van der Waals surface area (Å²) in [4.78, 5) is 18.5. The van der Waals surface area contributed by atoms with Gasteiger partial charge in [-0.15, -0.1) is 0 Å². The average molecular weight is 244 g/mol. The molecule has 0 bridgehead atoms. The van der Waals surface area contributed by atoms with Gasteiger partial charge in [0.2, 0.25) is 0 Å². The molecule has 1 heterocycles. The fourth-order valence-electron chi connectivity index (χ4n) is 1.57. The standard InChI is InChI=1S/C12H12N4O2/c17-16(18)11-5-2-1-4-10(11)8-13-9-12-14-6-3-7-15-12/h1-7,13H,8-9H2. The van der Waals surface area contributed by atoms with Crippen LogP contribution in [0.2, 0.25) is 0 Å². The van der Waals surface area contributed by atoms with Crippen molar-refractivity contribution >= 4 is 5.69 Å². The maximum absolute atomic E-state index is 10.8. The molecule has 1 N–H and O–H groups in total. The first-order valence-electron chi connectivity index (χ1n) is 5.46. The molecule has 0 amide bonds. The molecule has 2 aromatic rings. The van der Waals surface area contributed by atoms with E-state index in [0.29, 0.717) is 24.5 Å². The molecule has 1 aromatic carbocycles. The lowest BCUT2D eigenvalue weighted by atomic mass is 10.2. The van der Waals surface area contributed by atoms with Gasteiger partial charge in [-0.3, -0.25) is 10.1 Å². The minimum Gasteiger partial charge on any atom is -0.305 e. The van der Waals surface area contributed by atoms with E-state index < -0.39 is 0 Å². The van der Waals surface area contributed by atoms with Gasteiger partial charge >= 0.3 is 0 Å². The fourth-order valence-corrected chi connectivity index (χ4v) is 1.57. The van der Waals surface area contributed by atoms with Crippen LogP contribution in [0.25, 0.3) is 0 Å². The van der Waals surface area contributed by atoms with Gasteiger partial charge in [-0.05, 0) is 6.07 Å². The van der Waals surface area contributed by atoms with Crippen LogP contribution < -0.4 is 5.32 Å². The second-order valence-corrected chi connectivity index (χ2v) is 3.65. The van der Waals surface area contributed by atoms with Crippen molar-refractivity contribution in [3.8, 4) is 0 Å². The summed E-state index contributed by atoms with van der Waals surface area (Å²) in [5, 5.41) is 13.9. The smallest absolute Gasteiger partial charge is 0.273 e. The molecule has 0 fully saturated rings. The number of nitro benzene ring substituents is 1. The fraction of sp³-hybridized carbons (Fsp3) is 0.167. The van der Waals surface area contributed by atoms with Crippen LogP contribution in [-0.4, -0.2) is 14.9 Å². The van der Waals surface area contributed by atoms with Gasteiger partial charge in [0.25, 0.3) is 5.69 Å². The molecule has 0 aliphatic heterocycles. The summed E-state index contributed by atoms with van der Waals surface area (Å²) < 4.78 is 0. The second kappa shape index (κ2) is 5.83. The van der Waals surface area contributed by atoms with Crippen molar-refractivity contribution in [1.82, 2.24) is 15.3 Å². The third-order valence-corrected chi connectivity index (χ3v) is 2.41. The van der Waals surface area contributed by atoms with Crippen LogP contribution in [0.1, 0.15) is 11.4 Å². The van der Waals surface area contributed by atoms with Gasteiger partial charge in [-0.2, -0.15) is 0 Å². The number of para-hydroxylation sites is 1. The number of hydrogen-bond acceptors (Lipinski definition) is 5.